The van der Waals surface area contributed by atoms with Gasteiger partial charge in [-0.05, 0) is 61.5 Å². The lowest BCUT2D eigenvalue weighted by Crippen LogP contribution is -2.13. The van der Waals surface area contributed by atoms with E-state index in [4.69, 9.17) is 0 Å². The summed E-state index contributed by atoms with van der Waals surface area (Å²) < 4.78 is 66.5. The van der Waals surface area contributed by atoms with Crippen LogP contribution in [0.25, 0.3) is 10.8 Å². The molecule has 3 rings (SSSR count). The third-order valence-electron chi connectivity index (χ3n) is 5.04. The van der Waals surface area contributed by atoms with E-state index in [1.807, 2.05) is 13.0 Å². The molecule has 0 amide bonds. The highest BCUT2D eigenvalue weighted by molar-refractivity contribution is 5.85. The van der Waals surface area contributed by atoms with E-state index in [1.54, 1.807) is 12.1 Å². The second-order valence-electron chi connectivity index (χ2n) is 6.66. The maximum absolute atomic E-state index is 14.2. The molecule has 0 unspecified atom stereocenters. The number of rotatable bonds is 2. The lowest BCUT2D eigenvalue weighted by molar-refractivity contribution is -0.142. The third-order valence-corrected chi connectivity index (χ3v) is 5.04. The summed E-state index contributed by atoms with van der Waals surface area (Å²) in [5.74, 6) is -2.26. The summed E-state index contributed by atoms with van der Waals surface area (Å²) in [6, 6.07) is 5.43. The largest absolute Gasteiger partial charge is 0.422 e. The van der Waals surface area contributed by atoms with E-state index in [-0.39, 0.29) is 16.7 Å². The molecule has 0 nitrogen and oxygen atoms in total. The molecule has 0 heterocycles. The zero-order chi connectivity index (χ0) is 18.2. The highest BCUT2D eigenvalue weighted by atomic mass is 19.4. The fraction of sp³-hybridized carbons (Fsp3) is 0.400. The van der Waals surface area contributed by atoms with Crippen molar-refractivity contribution >= 4 is 10.8 Å². The lowest BCUT2D eigenvalue weighted by Gasteiger charge is -2.27. The van der Waals surface area contributed by atoms with Gasteiger partial charge in [0.15, 0.2) is 0 Å². The molecule has 1 saturated carbocycles. The minimum absolute atomic E-state index is 0.177. The predicted molar refractivity (Wildman–Crippen MR) is 88.4 cm³/mol. The summed E-state index contributed by atoms with van der Waals surface area (Å²) in [5.41, 5.74) is -0.885. The Kier molecular flexibility index (Phi) is 4.85. The fourth-order valence-corrected chi connectivity index (χ4v) is 3.78. The fourth-order valence-electron chi connectivity index (χ4n) is 3.78. The Morgan fingerprint density at radius 3 is 2.28 bits per heavy atom. The highest BCUT2D eigenvalue weighted by Gasteiger charge is 2.38. The average molecular weight is 354 g/mol. The van der Waals surface area contributed by atoms with Gasteiger partial charge in [-0.15, -0.1) is 0 Å². The van der Waals surface area contributed by atoms with Crippen LogP contribution in [0.1, 0.15) is 49.7 Å². The van der Waals surface area contributed by atoms with Gasteiger partial charge in [0, 0.05) is 5.39 Å². The molecule has 0 spiro atoms. The number of hydrogen-bond acceptors (Lipinski definition) is 0. The first-order chi connectivity index (χ1) is 11.8. The normalized spacial score (nSPS) is 22.0. The van der Waals surface area contributed by atoms with Crippen molar-refractivity contribution in [3.05, 3.63) is 59.2 Å². The van der Waals surface area contributed by atoms with Crippen LogP contribution < -0.4 is 0 Å². The van der Waals surface area contributed by atoms with Crippen LogP contribution in [-0.2, 0) is 6.18 Å². The zero-order valence-corrected chi connectivity index (χ0v) is 13.8. The van der Waals surface area contributed by atoms with Crippen LogP contribution in [0, 0.1) is 17.6 Å². The number of allylic oxidation sites excluding steroid dienone is 2. The Morgan fingerprint density at radius 2 is 1.68 bits per heavy atom. The Morgan fingerprint density at radius 1 is 1.00 bits per heavy atom. The van der Waals surface area contributed by atoms with E-state index >= 15 is 0 Å². The van der Waals surface area contributed by atoms with E-state index in [2.05, 4.69) is 6.08 Å². The Bertz CT molecular complexity index is 796. The Hall–Kier alpha value is -1.91. The molecule has 1 aliphatic carbocycles. The molecule has 0 aromatic heterocycles. The summed E-state index contributed by atoms with van der Waals surface area (Å²) in [5, 5.41) is -0.0174. The molecule has 2 aromatic carbocycles. The van der Waals surface area contributed by atoms with Gasteiger partial charge in [-0.25, -0.2) is 8.78 Å². The number of hydrogen-bond donors (Lipinski definition) is 0. The Balaban J connectivity index is 1.94. The third kappa shape index (κ3) is 3.55. The Labute approximate surface area is 143 Å². The van der Waals surface area contributed by atoms with Crippen LogP contribution in [0.2, 0.25) is 0 Å². The van der Waals surface area contributed by atoms with Gasteiger partial charge in [0.25, 0.3) is 0 Å². The van der Waals surface area contributed by atoms with Crippen LogP contribution in [-0.4, -0.2) is 0 Å². The van der Waals surface area contributed by atoms with Gasteiger partial charge >= 0.3 is 6.18 Å². The van der Waals surface area contributed by atoms with Crippen molar-refractivity contribution in [1.82, 2.24) is 0 Å². The van der Waals surface area contributed by atoms with Crippen molar-refractivity contribution in [3.63, 3.8) is 0 Å². The summed E-state index contributed by atoms with van der Waals surface area (Å²) >= 11 is 0. The SMILES string of the molecule is C/C=C/C1CCC(c2ccc3c(F)c(C(F)(F)F)c(F)cc3c2)CC1. The topological polar surface area (TPSA) is 0 Å². The second kappa shape index (κ2) is 6.77. The van der Waals surface area contributed by atoms with E-state index in [0.717, 1.165) is 37.3 Å². The molecule has 0 aliphatic heterocycles. The van der Waals surface area contributed by atoms with Crippen LogP contribution in [0.5, 0.6) is 0 Å². The first-order valence-corrected chi connectivity index (χ1v) is 8.43. The molecular weight excluding hydrogens is 335 g/mol. The van der Waals surface area contributed by atoms with Gasteiger partial charge in [0.05, 0.1) is 0 Å². The molecule has 5 heteroatoms. The van der Waals surface area contributed by atoms with E-state index in [1.165, 1.54) is 6.07 Å². The summed E-state index contributed by atoms with van der Waals surface area (Å²) in [4.78, 5) is 0. The van der Waals surface area contributed by atoms with Crippen molar-refractivity contribution < 1.29 is 22.0 Å². The minimum atomic E-state index is -5.05. The smallest absolute Gasteiger partial charge is 0.206 e. The first kappa shape index (κ1) is 17.9. The lowest BCUT2D eigenvalue weighted by atomic mass is 9.78. The molecule has 2 aromatic rings. The molecule has 0 atom stereocenters. The number of halogens is 5. The van der Waals surface area contributed by atoms with E-state index in [0.29, 0.717) is 5.92 Å². The van der Waals surface area contributed by atoms with Crippen molar-refractivity contribution in [3.8, 4) is 0 Å². The molecule has 0 radical (unpaired) electrons. The van der Waals surface area contributed by atoms with Crippen LogP contribution in [0.3, 0.4) is 0 Å². The van der Waals surface area contributed by atoms with Gasteiger partial charge < -0.3 is 0 Å². The quantitative estimate of drug-likeness (QED) is 0.403. The molecular formula is C20H19F5. The molecule has 1 fully saturated rings. The maximum Gasteiger partial charge on any atom is 0.422 e. The molecule has 0 N–H and O–H groups in total. The van der Waals surface area contributed by atoms with E-state index < -0.39 is 23.4 Å². The van der Waals surface area contributed by atoms with Crippen molar-refractivity contribution in [2.45, 2.75) is 44.7 Å². The van der Waals surface area contributed by atoms with Crippen molar-refractivity contribution in [2.75, 3.05) is 0 Å². The number of fused-ring (bicyclic) bond motifs is 1. The highest BCUT2D eigenvalue weighted by Crippen LogP contribution is 2.40. The standard InChI is InChI=1S/C20H19F5/c1-2-3-12-4-6-13(7-5-12)14-8-9-16-15(10-14)11-17(21)18(19(16)22)20(23,24)25/h2-3,8-13H,4-7H2,1H3/b3-2+. The van der Waals surface area contributed by atoms with Crippen molar-refractivity contribution in [2.24, 2.45) is 5.92 Å². The zero-order valence-electron chi connectivity index (χ0n) is 13.8. The van der Waals surface area contributed by atoms with Crippen LogP contribution >= 0.6 is 0 Å². The number of alkyl halides is 3. The molecule has 0 bridgehead atoms. The summed E-state index contributed by atoms with van der Waals surface area (Å²) in [6.45, 7) is 1.99. The molecule has 1 aliphatic rings. The number of benzene rings is 2. The van der Waals surface area contributed by atoms with Crippen LogP contribution in [0.4, 0.5) is 22.0 Å². The molecule has 134 valence electrons. The van der Waals surface area contributed by atoms with Gasteiger partial charge in [-0.2, -0.15) is 13.2 Å². The average Bonchev–Trinajstić information content (AvgIpc) is 2.54. The van der Waals surface area contributed by atoms with Gasteiger partial charge in [-0.1, -0.05) is 30.4 Å². The summed E-state index contributed by atoms with van der Waals surface area (Å²) in [6.07, 6.45) is 3.21. The van der Waals surface area contributed by atoms with Gasteiger partial charge in [0.1, 0.15) is 17.2 Å². The molecule has 0 saturated heterocycles. The van der Waals surface area contributed by atoms with E-state index in [9.17, 15) is 22.0 Å². The monoisotopic (exact) mass is 354 g/mol. The van der Waals surface area contributed by atoms with Gasteiger partial charge in [0.2, 0.25) is 0 Å². The first-order valence-electron chi connectivity index (χ1n) is 8.43. The van der Waals surface area contributed by atoms with Crippen molar-refractivity contribution in [1.29, 1.82) is 0 Å². The van der Waals surface area contributed by atoms with Gasteiger partial charge in [-0.3, -0.25) is 0 Å². The predicted octanol–water partition coefficient (Wildman–Crippen LogP) is 6.99. The summed E-state index contributed by atoms with van der Waals surface area (Å²) in [7, 11) is 0. The molecule has 25 heavy (non-hydrogen) atoms. The minimum Gasteiger partial charge on any atom is -0.206 e. The van der Waals surface area contributed by atoms with Crippen LogP contribution in [0.15, 0.2) is 36.4 Å². The second-order valence-corrected chi connectivity index (χ2v) is 6.66. The maximum atomic E-state index is 14.2.